The molecule has 1 aromatic carbocycles. The van der Waals surface area contributed by atoms with Gasteiger partial charge in [-0.1, -0.05) is 18.2 Å². The first-order chi connectivity index (χ1) is 13.2. The summed E-state index contributed by atoms with van der Waals surface area (Å²) in [6.45, 7) is 2.23. The van der Waals surface area contributed by atoms with Crippen molar-refractivity contribution in [3.05, 3.63) is 40.9 Å². The molecule has 0 saturated heterocycles. The van der Waals surface area contributed by atoms with Crippen molar-refractivity contribution >= 4 is 42.2 Å². The number of hydrogen-bond acceptors (Lipinski definition) is 7. The van der Waals surface area contributed by atoms with Gasteiger partial charge in [-0.05, 0) is 19.1 Å². The van der Waals surface area contributed by atoms with Gasteiger partial charge < -0.3 is 5.32 Å². The third kappa shape index (κ3) is 4.77. The van der Waals surface area contributed by atoms with Crippen LogP contribution in [-0.4, -0.2) is 50.1 Å². The zero-order valence-electron chi connectivity index (χ0n) is 15.3. The van der Waals surface area contributed by atoms with Crippen LogP contribution in [0.2, 0.25) is 0 Å². The summed E-state index contributed by atoms with van der Waals surface area (Å²) in [4.78, 5) is 17.5. The average Bonchev–Trinajstić information content (AvgIpc) is 3.08. The molecule has 1 amide bonds. The highest BCUT2D eigenvalue weighted by Gasteiger charge is 2.28. The Bertz CT molecular complexity index is 1060. The topological polar surface area (TPSA) is 114 Å². The van der Waals surface area contributed by atoms with Gasteiger partial charge in [0.25, 0.3) is 0 Å². The van der Waals surface area contributed by atoms with Gasteiger partial charge >= 0.3 is 0 Å². The molecule has 0 fully saturated rings. The number of benzene rings is 1. The molecule has 0 unspecified atom stereocenters. The fraction of sp³-hybridized carbons (Fsp3) is 0.412. The fourth-order valence-electron chi connectivity index (χ4n) is 2.80. The maximum atomic E-state index is 12.3. The summed E-state index contributed by atoms with van der Waals surface area (Å²) < 4.78 is 50.0. The van der Waals surface area contributed by atoms with Gasteiger partial charge in [0.05, 0.1) is 22.1 Å². The Labute approximate surface area is 168 Å². The van der Waals surface area contributed by atoms with Crippen LogP contribution in [-0.2, 0) is 37.6 Å². The first-order valence-electron chi connectivity index (χ1n) is 8.75. The molecule has 0 radical (unpaired) electrons. The van der Waals surface area contributed by atoms with Gasteiger partial charge in [-0.25, -0.2) is 21.8 Å². The lowest BCUT2D eigenvalue weighted by atomic mass is 10.2. The molecule has 1 N–H and O–H groups in total. The van der Waals surface area contributed by atoms with Crippen LogP contribution in [0, 0.1) is 0 Å². The molecule has 1 aliphatic heterocycles. The molecule has 0 bridgehead atoms. The van der Waals surface area contributed by atoms with Crippen molar-refractivity contribution in [3.8, 4) is 0 Å². The molecule has 2 heterocycles. The van der Waals surface area contributed by atoms with Gasteiger partial charge in [-0.3, -0.25) is 4.79 Å². The third-order valence-corrected chi connectivity index (χ3v) is 8.96. The van der Waals surface area contributed by atoms with E-state index in [2.05, 4.69) is 10.3 Å². The van der Waals surface area contributed by atoms with E-state index in [-0.39, 0.29) is 29.4 Å². The minimum Gasteiger partial charge on any atom is -0.302 e. The number of sulfone groups is 1. The Morgan fingerprint density at radius 3 is 2.61 bits per heavy atom. The summed E-state index contributed by atoms with van der Waals surface area (Å²) in [5.74, 6) is -0.694. The van der Waals surface area contributed by atoms with Crippen LogP contribution >= 0.6 is 11.3 Å². The minimum atomic E-state index is -3.53. The average molecular weight is 444 g/mol. The Kier molecular flexibility index (Phi) is 6.18. The van der Waals surface area contributed by atoms with Gasteiger partial charge in [-0.2, -0.15) is 4.31 Å². The first-order valence-corrected chi connectivity index (χ1v) is 12.8. The molecule has 1 aromatic heterocycles. The number of hydrogen-bond donors (Lipinski definition) is 1. The van der Waals surface area contributed by atoms with E-state index in [1.807, 2.05) is 0 Å². The number of nitrogens with zero attached hydrogens (tertiary/aromatic N) is 2. The second-order valence-electron chi connectivity index (χ2n) is 6.30. The summed E-state index contributed by atoms with van der Waals surface area (Å²) in [7, 11) is -6.80. The van der Waals surface area contributed by atoms with E-state index in [0.29, 0.717) is 18.1 Å². The quantitative estimate of drug-likeness (QED) is 0.696. The SMILES string of the molecule is CCS(=O)(=O)N1CCc2nc(NC(=O)CCS(=O)(=O)c3ccccc3)sc2C1. The molecule has 1 aliphatic rings. The number of nitrogens with one attached hydrogen (secondary N) is 1. The predicted octanol–water partition coefficient (Wildman–Crippen LogP) is 1.65. The number of rotatable bonds is 7. The highest BCUT2D eigenvalue weighted by Crippen LogP contribution is 2.29. The van der Waals surface area contributed by atoms with Crippen LogP contribution in [0.15, 0.2) is 35.2 Å². The lowest BCUT2D eigenvalue weighted by Gasteiger charge is -2.24. The largest absolute Gasteiger partial charge is 0.302 e. The molecular weight excluding hydrogens is 422 g/mol. The normalized spacial score (nSPS) is 15.2. The monoisotopic (exact) mass is 443 g/mol. The van der Waals surface area contributed by atoms with Gasteiger partial charge in [0.2, 0.25) is 15.9 Å². The third-order valence-electron chi connectivity index (χ3n) is 4.40. The van der Waals surface area contributed by atoms with Crippen LogP contribution in [0.25, 0.3) is 0 Å². The van der Waals surface area contributed by atoms with Crippen molar-refractivity contribution in [2.24, 2.45) is 0 Å². The maximum absolute atomic E-state index is 12.3. The molecule has 0 spiro atoms. The molecule has 28 heavy (non-hydrogen) atoms. The predicted molar refractivity (Wildman–Crippen MR) is 107 cm³/mol. The van der Waals surface area contributed by atoms with Crippen LogP contribution in [0.3, 0.4) is 0 Å². The van der Waals surface area contributed by atoms with Crippen molar-refractivity contribution in [2.75, 3.05) is 23.4 Å². The zero-order valence-corrected chi connectivity index (χ0v) is 17.7. The summed E-state index contributed by atoms with van der Waals surface area (Å²) in [5.41, 5.74) is 0.778. The molecule has 2 aromatic rings. The van der Waals surface area contributed by atoms with E-state index in [1.54, 1.807) is 25.1 Å². The molecular formula is C17H21N3O5S3. The summed E-state index contributed by atoms with van der Waals surface area (Å²) in [6.07, 6.45) is 0.307. The van der Waals surface area contributed by atoms with Gasteiger partial charge in [-0.15, -0.1) is 11.3 Å². The van der Waals surface area contributed by atoms with E-state index in [0.717, 1.165) is 10.6 Å². The molecule has 0 atom stereocenters. The Morgan fingerprint density at radius 2 is 1.93 bits per heavy atom. The summed E-state index contributed by atoms with van der Waals surface area (Å²) in [6, 6.07) is 7.99. The van der Waals surface area contributed by atoms with Crippen LogP contribution < -0.4 is 5.32 Å². The summed E-state index contributed by atoms with van der Waals surface area (Å²) >= 11 is 1.23. The molecule has 11 heteroatoms. The minimum absolute atomic E-state index is 0.0423. The number of fused-ring (bicyclic) bond motifs is 1. The second kappa shape index (κ2) is 8.27. The molecule has 3 rings (SSSR count). The van der Waals surface area contributed by atoms with Gasteiger partial charge in [0.1, 0.15) is 0 Å². The van der Waals surface area contributed by atoms with Crippen LogP contribution in [0.1, 0.15) is 23.9 Å². The summed E-state index contributed by atoms with van der Waals surface area (Å²) in [5, 5.41) is 2.99. The Balaban J connectivity index is 1.61. The number of carbonyl (C=O) groups excluding carboxylic acids is 1. The fourth-order valence-corrected chi connectivity index (χ4v) is 6.24. The van der Waals surface area contributed by atoms with E-state index >= 15 is 0 Å². The number of amides is 1. The van der Waals surface area contributed by atoms with Crippen LogP contribution in [0.5, 0.6) is 0 Å². The van der Waals surface area contributed by atoms with Gasteiger partial charge in [0.15, 0.2) is 15.0 Å². The van der Waals surface area contributed by atoms with Crippen molar-refractivity contribution in [1.29, 1.82) is 0 Å². The van der Waals surface area contributed by atoms with E-state index in [9.17, 15) is 21.6 Å². The molecule has 0 aliphatic carbocycles. The van der Waals surface area contributed by atoms with Gasteiger partial charge in [0, 0.05) is 30.8 Å². The smallest absolute Gasteiger partial charge is 0.227 e. The highest BCUT2D eigenvalue weighted by molar-refractivity contribution is 7.91. The number of sulfonamides is 1. The number of thiazole rings is 1. The second-order valence-corrected chi connectivity index (χ2v) is 11.8. The first kappa shape index (κ1) is 20.9. The molecule has 8 nitrogen and oxygen atoms in total. The lowest BCUT2D eigenvalue weighted by molar-refractivity contribution is -0.115. The van der Waals surface area contributed by atoms with Crippen molar-refractivity contribution in [2.45, 2.75) is 31.2 Å². The van der Waals surface area contributed by atoms with Crippen molar-refractivity contribution in [3.63, 3.8) is 0 Å². The Morgan fingerprint density at radius 1 is 1.21 bits per heavy atom. The maximum Gasteiger partial charge on any atom is 0.227 e. The van der Waals surface area contributed by atoms with Crippen LogP contribution in [0.4, 0.5) is 5.13 Å². The van der Waals surface area contributed by atoms with Crippen molar-refractivity contribution < 1.29 is 21.6 Å². The number of carbonyl (C=O) groups is 1. The standard InChI is InChI=1S/C17H21N3O5S3/c1-2-28(24,25)20-10-8-14-15(12-20)26-17(18-14)19-16(21)9-11-27(22,23)13-6-4-3-5-7-13/h3-7H,2,8-12H2,1H3,(H,18,19,21). The van der Waals surface area contributed by atoms with Crippen molar-refractivity contribution in [1.82, 2.24) is 9.29 Å². The number of anilines is 1. The zero-order chi connectivity index (χ0) is 20.4. The van der Waals surface area contributed by atoms with E-state index < -0.39 is 25.8 Å². The molecule has 152 valence electrons. The molecule has 0 saturated carbocycles. The van der Waals surface area contributed by atoms with E-state index in [1.165, 1.54) is 27.8 Å². The number of aromatic nitrogens is 1. The Hall–Kier alpha value is -1.82. The lowest BCUT2D eigenvalue weighted by Crippen LogP contribution is -2.36. The highest BCUT2D eigenvalue weighted by atomic mass is 32.2. The van der Waals surface area contributed by atoms with E-state index in [4.69, 9.17) is 0 Å².